The monoisotopic (exact) mass is 276 g/mol. The van der Waals surface area contributed by atoms with E-state index in [-0.39, 0.29) is 5.97 Å². The lowest BCUT2D eigenvalue weighted by molar-refractivity contribution is 0.0526. The van der Waals surface area contributed by atoms with E-state index in [1.165, 1.54) is 6.20 Å². The average Bonchev–Trinajstić information content (AvgIpc) is 3.22. The van der Waals surface area contributed by atoms with Crippen molar-refractivity contribution in [2.24, 2.45) is 0 Å². The first-order valence-electron chi connectivity index (χ1n) is 6.32. The van der Waals surface area contributed by atoms with Gasteiger partial charge in [-0.25, -0.2) is 14.8 Å². The van der Waals surface area contributed by atoms with Crippen LogP contribution in [0.1, 0.15) is 41.7 Å². The van der Waals surface area contributed by atoms with E-state index in [1.54, 1.807) is 13.0 Å². The van der Waals surface area contributed by atoms with Gasteiger partial charge in [0.15, 0.2) is 5.65 Å². The van der Waals surface area contributed by atoms with E-state index >= 15 is 0 Å². The van der Waals surface area contributed by atoms with Crippen LogP contribution in [0.25, 0.3) is 11.0 Å². The molecule has 0 N–H and O–H groups in total. The number of hydrogen-bond donors (Lipinski definition) is 0. The zero-order valence-electron chi connectivity index (χ0n) is 10.5. The number of ether oxygens (including phenoxy) is 1. The fraction of sp³-hybridized carbons (Fsp3) is 0.357. The second kappa shape index (κ2) is 4.78. The highest BCUT2D eigenvalue weighted by Crippen LogP contribution is 2.42. The molecule has 19 heavy (non-hydrogen) atoms. The molecule has 0 amide bonds. The van der Waals surface area contributed by atoms with Crippen LogP contribution in [-0.4, -0.2) is 22.5 Å². The Morgan fingerprint density at radius 2 is 2.26 bits per heavy atom. The maximum atomic E-state index is 11.6. The second-order valence-electron chi connectivity index (χ2n) is 4.62. The molecule has 0 bridgehead atoms. The fourth-order valence-corrected chi connectivity index (χ4v) is 2.34. The van der Waals surface area contributed by atoms with E-state index in [9.17, 15) is 4.79 Å². The number of carbonyl (C=O) groups excluding carboxylic acids is 1. The van der Waals surface area contributed by atoms with Crippen LogP contribution in [0, 0.1) is 0 Å². The molecule has 0 aromatic carbocycles. The maximum absolute atomic E-state index is 11.6. The molecule has 3 rings (SSSR count). The van der Waals surface area contributed by atoms with Crippen molar-refractivity contribution < 1.29 is 9.53 Å². The van der Waals surface area contributed by atoms with Crippen LogP contribution >= 0.6 is 11.6 Å². The smallest absolute Gasteiger partial charge is 0.339 e. The predicted molar refractivity (Wildman–Crippen MR) is 72.5 cm³/mol. The van der Waals surface area contributed by atoms with Gasteiger partial charge in [0.1, 0.15) is 0 Å². The van der Waals surface area contributed by atoms with Gasteiger partial charge < -0.3 is 4.74 Å². The summed E-state index contributed by atoms with van der Waals surface area (Å²) in [6, 6.07) is 3.54. The molecular formula is C14H13ClN2O2. The molecule has 0 radical (unpaired) electrons. The molecule has 1 saturated carbocycles. The van der Waals surface area contributed by atoms with Crippen molar-refractivity contribution in [3.63, 3.8) is 0 Å². The van der Waals surface area contributed by atoms with E-state index in [1.807, 2.05) is 6.07 Å². The highest BCUT2D eigenvalue weighted by molar-refractivity contribution is 6.32. The molecule has 98 valence electrons. The SMILES string of the molecule is CCOC(=O)c1cnc2nc(C3CC3)c(Cl)cc2c1. The van der Waals surface area contributed by atoms with E-state index in [0.29, 0.717) is 28.8 Å². The minimum absolute atomic E-state index is 0.344. The van der Waals surface area contributed by atoms with Gasteiger partial charge in [0.2, 0.25) is 0 Å². The van der Waals surface area contributed by atoms with Gasteiger partial charge in [0.05, 0.1) is 22.9 Å². The number of carbonyl (C=O) groups is 1. The highest BCUT2D eigenvalue weighted by Gasteiger charge is 2.27. The first kappa shape index (κ1) is 12.4. The maximum Gasteiger partial charge on any atom is 0.339 e. The molecule has 0 unspecified atom stereocenters. The van der Waals surface area contributed by atoms with E-state index in [0.717, 1.165) is 23.9 Å². The van der Waals surface area contributed by atoms with E-state index in [4.69, 9.17) is 16.3 Å². The Balaban J connectivity index is 2.03. The summed E-state index contributed by atoms with van der Waals surface area (Å²) in [4.78, 5) is 20.4. The largest absolute Gasteiger partial charge is 0.462 e. The highest BCUT2D eigenvalue weighted by atomic mass is 35.5. The Morgan fingerprint density at radius 3 is 2.95 bits per heavy atom. The molecule has 1 aliphatic carbocycles. The minimum atomic E-state index is -0.376. The Labute approximate surface area is 115 Å². The molecule has 2 aromatic heterocycles. The summed E-state index contributed by atoms with van der Waals surface area (Å²) in [5.41, 5.74) is 1.97. The average molecular weight is 277 g/mol. The number of fused-ring (bicyclic) bond motifs is 1. The molecule has 2 heterocycles. The number of rotatable bonds is 3. The Bertz CT molecular complexity index is 653. The lowest BCUT2D eigenvalue weighted by Gasteiger charge is -2.06. The van der Waals surface area contributed by atoms with Crippen LogP contribution in [0.15, 0.2) is 18.3 Å². The van der Waals surface area contributed by atoms with Crippen molar-refractivity contribution in [3.05, 3.63) is 34.6 Å². The van der Waals surface area contributed by atoms with Gasteiger partial charge >= 0.3 is 5.97 Å². The number of halogens is 1. The lowest BCUT2D eigenvalue weighted by atomic mass is 10.2. The number of esters is 1. The number of aromatic nitrogens is 2. The van der Waals surface area contributed by atoms with Gasteiger partial charge in [-0.15, -0.1) is 0 Å². The van der Waals surface area contributed by atoms with Crippen molar-refractivity contribution in [3.8, 4) is 0 Å². The molecule has 0 spiro atoms. The summed E-state index contributed by atoms with van der Waals surface area (Å²) < 4.78 is 4.95. The van der Waals surface area contributed by atoms with E-state index in [2.05, 4.69) is 9.97 Å². The minimum Gasteiger partial charge on any atom is -0.462 e. The van der Waals surface area contributed by atoms with Crippen LogP contribution in [0.2, 0.25) is 5.02 Å². The van der Waals surface area contributed by atoms with Crippen molar-refractivity contribution in [1.82, 2.24) is 9.97 Å². The number of nitrogens with zero attached hydrogens (tertiary/aromatic N) is 2. The molecular weight excluding hydrogens is 264 g/mol. The van der Waals surface area contributed by atoms with Crippen molar-refractivity contribution in [2.75, 3.05) is 6.61 Å². The van der Waals surface area contributed by atoms with Gasteiger partial charge in [0.25, 0.3) is 0 Å². The summed E-state index contributed by atoms with van der Waals surface area (Å²) in [5, 5.41) is 1.41. The van der Waals surface area contributed by atoms with Gasteiger partial charge in [-0.05, 0) is 31.9 Å². The molecule has 0 atom stereocenters. The zero-order valence-corrected chi connectivity index (χ0v) is 11.3. The molecule has 1 fully saturated rings. The molecule has 4 nitrogen and oxygen atoms in total. The molecule has 2 aromatic rings. The predicted octanol–water partition coefficient (Wildman–Crippen LogP) is 3.34. The van der Waals surface area contributed by atoms with Crippen LogP contribution in [0.5, 0.6) is 0 Å². The summed E-state index contributed by atoms with van der Waals surface area (Å²) in [7, 11) is 0. The second-order valence-corrected chi connectivity index (χ2v) is 5.03. The third-order valence-corrected chi connectivity index (χ3v) is 3.43. The standard InChI is InChI=1S/C14H13ClN2O2/c1-2-19-14(18)10-5-9-6-11(15)12(8-3-4-8)17-13(9)16-7-10/h5-8H,2-4H2,1H3. The van der Waals surface area contributed by atoms with Gasteiger partial charge in [-0.2, -0.15) is 0 Å². The first-order valence-corrected chi connectivity index (χ1v) is 6.70. The summed E-state index contributed by atoms with van der Waals surface area (Å²) >= 11 is 6.22. The summed E-state index contributed by atoms with van der Waals surface area (Å²) in [5.74, 6) is 0.0997. The normalized spacial score (nSPS) is 14.6. The Hall–Kier alpha value is -1.68. The van der Waals surface area contributed by atoms with Gasteiger partial charge in [-0.1, -0.05) is 11.6 Å². The van der Waals surface area contributed by atoms with Crippen LogP contribution in [-0.2, 0) is 4.74 Å². The van der Waals surface area contributed by atoms with Gasteiger partial charge in [-0.3, -0.25) is 0 Å². The molecule has 0 saturated heterocycles. The van der Waals surface area contributed by atoms with Crippen molar-refractivity contribution >= 4 is 28.6 Å². The third-order valence-electron chi connectivity index (χ3n) is 3.12. The Morgan fingerprint density at radius 1 is 1.47 bits per heavy atom. The lowest BCUT2D eigenvalue weighted by Crippen LogP contribution is -2.05. The summed E-state index contributed by atoms with van der Waals surface area (Å²) in [6.07, 6.45) is 3.77. The van der Waals surface area contributed by atoms with E-state index < -0.39 is 0 Å². The zero-order chi connectivity index (χ0) is 13.4. The number of hydrogen-bond acceptors (Lipinski definition) is 4. The third kappa shape index (κ3) is 2.40. The van der Waals surface area contributed by atoms with Crippen molar-refractivity contribution in [1.29, 1.82) is 0 Å². The summed E-state index contributed by atoms with van der Waals surface area (Å²) in [6.45, 7) is 2.11. The number of pyridine rings is 2. The van der Waals surface area contributed by atoms with Crippen LogP contribution in [0.4, 0.5) is 0 Å². The molecule has 5 heteroatoms. The van der Waals surface area contributed by atoms with Gasteiger partial charge in [0, 0.05) is 17.5 Å². The quantitative estimate of drug-likeness (QED) is 0.807. The Kier molecular flexibility index (Phi) is 3.11. The van der Waals surface area contributed by atoms with Crippen LogP contribution < -0.4 is 0 Å². The first-order chi connectivity index (χ1) is 9.19. The van der Waals surface area contributed by atoms with Crippen molar-refractivity contribution in [2.45, 2.75) is 25.7 Å². The molecule has 0 aliphatic heterocycles. The molecule has 1 aliphatic rings. The topological polar surface area (TPSA) is 52.1 Å². The van der Waals surface area contributed by atoms with Crippen LogP contribution in [0.3, 0.4) is 0 Å². The fourth-order valence-electron chi connectivity index (χ4n) is 2.02.